The number of sulfonamides is 1. The third kappa shape index (κ3) is 4.70. The maximum atomic E-state index is 13.6. The first-order valence-electron chi connectivity index (χ1n) is 12.5. The van der Waals surface area contributed by atoms with Gasteiger partial charge in [-0.25, -0.2) is 8.42 Å². The molecule has 5 rings (SSSR count). The van der Waals surface area contributed by atoms with Crippen molar-refractivity contribution in [2.75, 3.05) is 13.7 Å². The molecule has 0 unspecified atom stereocenters. The number of carbonyl (C=O) groups is 1. The van der Waals surface area contributed by atoms with E-state index in [-0.39, 0.29) is 28.9 Å². The molecule has 0 bridgehead atoms. The predicted molar refractivity (Wildman–Crippen MR) is 146 cm³/mol. The van der Waals surface area contributed by atoms with E-state index in [2.05, 4.69) is 5.32 Å². The Balaban J connectivity index is 1.49. The Bertz CT molecular complexity index is 1690. The Hall–Kier alpha value is -3.95. The normalized spacial score (nSPS) is 13.7. The molecule has 0 spiro atoms. The number of aryl methyl sites for hydroxylation is 1. The Kier molecular flexibility index (Phi) is 7.05. The largest absolute Gasteiger partial charge is 0.496 e. The smallest absolute Gasteiger partial charge is 0.257 e. The molecule has 2 heterocycles. The fourth-order valence-corrected chi connectivity index (χ4v) is 6.35. The summed E-state index contributed by atoms with van der Waals surface area (Å²) >= 11 is 0. The van der Waals surface area contributed by atoms with Crippen molar-refractivity contribution in [2.45, 2.75) is 37.9 Å². The molecule has 196 valence electrons. The van der Waals surface area contributed by atoms with Crippen LogP contribution in [-0.4, -0.2) is 36.9 Å². The van der Waals surface area contributed by atoms with Crippen LogP contribution >= 0.6 is 0 Å². The number of rotatable bonds is 7. The average molecular weight is 532 g/mol. The quantitative estimate of drug-likeness (QED) is 0.392. The van der Waals surface area contributed by atoms with E-state index in [1.165, 1.54) is 22.6 Å². The molecule has 0 saturated carbocycles. The van der Waals surface area contributed by atoms with Gasteiger partial charge in [0.1, 0.15) is 11.3 Å². The summed E-state index contributed by atoms with van der Waals surface area (Å²) in [7, 11) is -2.30. The van der Waals surface area contributed by atoms with Gasteiger partial charge in [0, 0.05) is 43.3 Å². The van der Waals surface area contributed by atoms with Gasteiger partial charge in [-0.3, -0.25) is 9.59 Å². The molecule has 0 aliphatic carbocycles. The minimum absolute atomic E-state index is 0.0377. The lowest BCUT2D eigenvalue weighted by Gasteiger charge is -2.28. The van der Waals surface area contributed by atoms with E-state index in [9.17, 15) is 18.0 Å². The Morgan fingerprint density at radius 1 is 1.03 bits per heavy atom. The van der Waals surface area contributed by atoms with E-state index in [4.69, 9.17) is 4.74 Å². The molecule has 0 saturated heterocycles. The van der Waals surface area contributed by atoms with Crippen LogP contribution in [-0.2, 0) is 36.1 Å². The van der Waals surface area contributed by atoms with Crippen LogP contribution in [0.3, 0.4) is 0 Å². The molecular weight excluding hydrogens is 502 g/mol. The number of methoxy groups -OCH3 is 1. The molecule has 8 nitrogen and oxygen atoms in total. The van der Waals surface area contributed by atoms with Crippen LogP contribution in [0.2, 0.25) is 0 Å². The highest BCUT2D eigenvalue weighted by Crippen LogP contribution is 2.26. The molecular formula is C29H29N3O5S. The van der Waals surface area contributed by atoms with E-state index in [1.807, 2.05) is 49.4 Å². The van der Waals surface area contributed by atoms with Crippen LogP contribution in [0.15, 0.2) is 82.6 Å². The van der Waals surface area contributed by atoms with Crippen LogP contribution in [0.4, 0.5) is 0 Å². The lowest BCUT2D eigenvalue weighted by molar-refractivity contribution is 0.0949. The minimum atomic E-state index is -3.85. The second-order valence-electron chi connectivity index (χ2n) is 9.19. The molecule has 9 heteroatoms. The summed E-state index contributed by atoms with van der Waals surface area (Å²) < 4.78 is 35.7. The molecule has 38 heavy (non-hydrogen) atoms. The molecule has 1 aromatic heterocycles. The van der Waals surface area contributed by atoms with Gasteiger partial charge >= 0.3 is 0 Å². The number of aromatic nitrogens is 1. The van der Waals surface area contributed by atoms with Crippen LogP contribution in [0, 0.1) is 0 Å². The Morgan fingerprint density at radius 2 is 1.76 bits per heavy atom. The molecule has 1 aliphatic heterocycles. The first kappa shape index (κ1) is 25.7. The highest BCUT2D eigenvalue weighted by Gasteiger charge is 2.29. The number of amides is 1. The fraction of sp³-hybridized carbons (Fsp3) is 0.241. The van der Waals surface area contributed by atoms with Crippen molar-refractivity contribution >= 4 is 26.8 Å². The van der Waals surface area contributed by atoms with Gasteiger partial charge in [0.25, 0.3) is 5.91 Å². The fourth-order valence-electron chi connectivity index (χ4n) is 4.90. The number of hydrogen-bond donors (Lipinski definition) is 1. The third-order valence-electron chi connectivity index (χ3n) is 7.00. The van der Waals surface area contributed by atoms with Gasteiger partial charge in [0.15, 0.2) is 0 Å². The molecule has 4 aromatic rings. The molecule has 1 aliphatic rings. The number of carbonyl (C=O) groups excluding carboxylic acids is 1. The zero-order chi connectivity index (χ0) is 26.9. The van der Waals surface area contributed by atoms with Gasteiger partial charge in [-0.05, 0) is 48.7 Å². The van der Waals surface area contributed by atoms with Gasteiger partial charge in [0.2, 0.25) is 15.5 Å². The number of fused-ring (bicyclic) bond motifs is 2. The van der Waals surface area contributed by atoms with Gasteiger partial charge in [0.05, 0.1) is 17.5 Å². The SMILES string of the molecule is CCn1cc(C(=O)NCc2ccccc2OC)c(=O)c2cc(S(=O)(=O)N3CCc4ccccc4C3)ccc21. The minimum Gasteiger partial charge on any atom is -0.496 e. The summed E-state index contributed by atoms with van der Waals surface area (Å²) in [6.07, 6.45) is 2.15. The molecule has 3 aromatic carbocycles. The van der Waals surface area contributed by atoms with Crippen LogP contribution < -0.4 is 15.5 Å². The van der Waals surface area contributed by atoms with E-state index in [0.29, 0.717) is 30.8 Å². The summed E-state index contributed by atoms with van der Waals surface area (Å²) in [5.74, 6) is 0.0957. The first-order valence-corrected chi connectivity index (χ1v) is 13.9. The molecule has 0 fully saturated rings. The summed E-state index contributed by atoms with van der Waals surface area (Å²) in [5, 5.41) is 2.98. The number of nitrogens with zero attached hydrogens (tertiary/aromatic N) is 2. The molecule has 0 atom stereocenters. The zero-order valence-corrected chi connectivity index (χ0v) is 22.1. The highest BCUT2D eigenvalue weighted by atomic mass is 32.2. The average Bonchev–Trinajstić information content (AvgIpc) is 2.95. The zero-order valence-electron chi connectivity index (χ0n) is 21.3. The molecule has 1 N–H and O–H groups in total. The van der Waals surface area contributed by atoms with Crippen molar-refractivity contribution < 1.29 is 17.9 Å². The number of pyridine rings is 1. The molecule has 0 radical (unpaired) electrons. The van der Waals surface area contributed by atoms with Gasteiger partial charge < -0.3 is 14.6 Å². The van der Waals surface area contributed by atoms with E-state index in [1.54, 1.807) is 23.8 Å². The number of ether oxygens (including phenoxy) is 1. The maximum absolute atomic E-state index is 13.6. The maximum Gasteiger partial charge on any atom is 0.257 e. The van der Waals surface area contributed by atoms with E-state index in [0.717, 1.165) is 16.7 Å². The van der Waals surface area contributed by atoms with Crippen LogP contribution in [0.5, 0.6) is 5.75 Å². The highest BCUT2D eigenvalue weighted by molar-refractivity contribution is 7.89. The number of hydrogen-bond acceptors (Lipinski definition) is 5. The van der Waals surface area contributed by atoms with Gasteiger partial charge in [-0.2, -0.15) is 4.31 Å². The Morgan fingerprint density at radius 3 is 2.53 bits per heavy atom. The van der Waals surface area contributed by atoms with Crippen molar-refractivity contribution in [2.24, 2.45) is 0 Å². The summed E-state index contributed by atoms with van der Waals surface area (Å²) in [4.78, 5) is 26.6. The van der Waals surface area contributed by atoms with Crippen molar-refractivity contribution in [3.05, 3.63) is 105 Å². The topological polar surface area (TPSA) is 97.7 Å². The van der Waals surface area contributed by atoms with Crippen molar-refractivity contribution in [3.8, 4) is 5.75 Å². The number of para-hydroxylation sites is 1. The van der Waals surface area contributed by atoms with Crippen molar-refractivity contribution in [1.82, 2.24) is 14.2 Å². The Labute approximate surface area is 221 Å². The predicted octanol–water partition coefficient (Wildman–Crippen LogP) is 3.71. The van der Waals surface area contributed by atoms with Crippen molar-refractivity contribution in [1.29, 1.82) is 0 Å². The summed E-state index contributed by atoms with van der Waals surface area (Å²) in [6.45, 7) is 3.22. The van der Waals surface area contributed by atoms with Gasteiger partial charge in [-0.15, -0.1) is 0 Å². The summed E-state index contributed by atoms with van der Waals surface area (Å²) in [5.41, 5.74) is 2.91. The van der Waals surface area contributed by atoms with E-state index < -0.39 is 21.4 Å². The van der Waals surface area contributed by atoms with Gasteiger partial charge in [-0.1, -0.05) is 42.5 Å². The lowest BCUT2D eigenvalue weighted by atomic mass is 10.0. The van der Waals surface area contributed by atoms with E-state index >= 15 is 0 Å². The summed E-state index contributed by atoms with van der Waals surface area (Å²) in [6, 6.07) is 19.7. The standard InChI is InChI=1S/C29H29N3O5S/c1-3-31-19-25(29(34)30-17-21-9-6-7-11-27(21)37-2)28(33)24-16-23(12-13-26(24)31)38(35,36)32-15-14-20-8-4-5-10-22(20)18-32/h4-13,16,19H,3,14-15,17-18H2,1-2H3,(H,30,34). The third-order valence-corrected chi connectivity index (χ3v) is 8.84. The second-order valence-corrected chi connectivity index (χ2v) is 11.1. The number of benzene rings is 3. The molecule has 1 amide bonds. The lowest BCUT2D eigenvalue weighted by Crippen LogP contribution is -2.36. The first-order chi connectivity index (χ1) is 18.3. The monoisotopic (exact) mass is 531 g/mol. The van der Waals surface area contributed by atoms with Crippen LogP contribution in [0.1, 0.15) is 34.0 Å². The number of nitrogens with one attached hydrogen (secondary N) is 1. The van der Waals surface area contributed by atoms with Crippen molar-refractivity contribution in [3.63, 3.8) is 0 Å². The second kappa shape index (κ2) is 10.4. The van der Waals surface area contributed by atoms with Crippen LogP contribution in [0.25, 0.3) is 10.9 Å².